The molecule has 1 saturated heterocycles. The molecule has 0 aliphatic carbocycles. The largest absolute Gasteiger partial charge is 0.477 e. The molecule has 2 rings (SSSR count). The van der Waals surface area contributed by atoms with Crippen LogP contribution in [0, 0.1) is 5.92 Å². The Hall–Kier alpha value is -1.01. The molecule has 2 aliphatic rings. The maximum Gasteiger partial charge on any atom is 0.343 e. The van der Waals surface area contributed by atoms with Gasteiger partial charge in [-0.05, 0) is 13.8 Å². The molecule has 0 bridgehead atoms. The summed E-state index contributed by atoms with van der Waals surface area (Å²) in [4.78, 5) is 23.8. The topological polar surface area (TPSA) is 77.8 Å². The highest BCUT2D eigenvalue weighted by molar-refractivity contribution is 8.04. The Labute approximate surface area is 90.8 Å². The van der Waals surface area contributed by atoms with Gasteiger partial charge in [-0.25, -0.2) is 4.79 Å². The first-order valence-electron chi connectivity index (χ1n) is 4.48. The van der Waals surface area contributed by atoms with E-state index in [9.17, 15) is 14.7 Å². The van der Waals surface area contributed by atoms with Crippen molar-refractivity contribution in [3.63, 3.8) is 0 Å². The standard InChI is InChI=1S/C9H11NO4S/c1-9(2,14)5-6(11)10-3-4(8(12)13)15-7(5)10/h3,5,7,14H,1-2H3,(H,12,13)/t5?,7-/m1/s1. The third kappa shape index (κ3) is 1.44. The minimum atomic E-state index is -1.10. The van der Waals surface area contributed by atoms with Gasteiger partial charge in [0, 0.05) is 6.20 Å². The number of aliphatic carboxylic acids is 1. The molecule has 6 heteroatoms. The van der Waals surface area contributed by atoms with Crippen LogP contribution < -0.4 is 0 Å². The van der Waals surface area contributed by atoms with Gasteiger partial charge in [0.05, 0.1) is 11.5 Å². The Kier molecular flexibility index (Phi) is 2.09. The maximum absolute atomic E-state index is 11.6. The Morgan fingerprint density at radius 2 is 2.20 bits per heavy atom. The van der Waals surface area contributed by atoms with Crippen LogP contribution in [0.2, 0.25) is 0 Å². The number of aliphatic hydroxyl groups is 1. The average molecular weight is 229 g/mol. The molecule has 5 nitrogen and oxygen atoms in total. The van der Waals surface area contributed by atoms with Crippen molar-refractivity contribution in [2.45, 2.75) is 24.8 Å². The van der Waals surface area contributed by atoms with Gasteiger partial charge in [-0.3, -0.25) is 4.79 Å². The summed E-state index contributed by atoms with van der Waals surface area (Å²) in [5.74, 6) is -1.76. The second-order valence-electron chi connectivity index (χ2n) is 4.18. The lowest BCUT2D eigenvalue weighted by Gasteiger charge is -2.46. The zero-order valence-electron chi connectivity index (χ0n) is 8.30. The number of fused-ring (bicyclic) bond motifs is 1. The molecule has 2 heterocycles. The van der Waals surface area contributed by atoms with E-state index in [1.165, 1.54) is 11.1 Å². The Bertz CT molecular complexity index is 371. The number of carbonyl (C=O) groups is 2. The first kappa shape index (κ1) is 10.5. The maximum atomic E-state index is 11.6. The second kappa shape index (κ2) is 2.99. The van der Waals surface area contributed by atoms with E-state index in [4.69, 9.17) is 5.11 Å². The number of hydrogen-bond acceptors (Lipinski definition) is 4. The highest BCUT2D eigenvalue weighted by Crippen LogP contribution is 2.48. The lowest BCUT2D eigenvalue weighted by Crippen LogP contribution is -2.62. The van der Waals surface area contributed by atoms with Crippen LogP contribution in [0.4, 0.5) is 0 Å². The highest BCUT2D eigenvalue weighted by Gasteiger charge is 2.57. The number of carboxylic acid groups (broad SMARTS) is 1. The molecule has 15 heavy (non-hydrogen) atoms. The van der Waals surface area contributed by atoms with Gasteiger partial charge in [0.15, 0.2) is 0 Å². The fraction of sp³-hybridized carbons (Fsp3) is 0.556. The monoisotopic (exact) mass is 229 g/mol. The van der Waals surface area contributed by atoms with Gasteiger partial charge in [-0.1, -0.05) is 11.8 Å². The van der Waals surface area contributed by atoms with Crippen LogP contribution in [-0.2, 0) is 9.59 Å². The summed E-state index contributed by atoms with van der Waals surface area (Å²) in [5, 5.41) is 18.3. The Balaban J connectivity index is 2.18. The van der Waals surface area contributed by atoms with Crippen LogP contribution in [0.25, 0.3) is 0 Å². The van der Waals surface area contributed by atoms with E-state index in [0.29, 0.717) is 0 Å². The number of carbonyl (C=O) groups excluding carboxylic acids is 1. The molecule has 2 aliphatic heterocycles. The van der Waals surface area contributed by atoms with Crippen LogP contribution in [0.1, 0.15) is 13.8 Å². The van der Waals surface area contributed by atoms with Crippen molar-refractivity contribution in [1.29, 1.82) is 0 Å². The molecule has 0 aromatic carbocycles. The van der Waals surface area contributed by atoms with Crippen molar-refractivity contribution in [1.82, 2.24) is 4.90 Å². The smallest absolute Gasteiger partial charge is 0.343 e. The van der Waals surface area contributed by atoms with Crippen LogP contribution in [0.15, 0.2) is 11.1 Å². The van der Waals surface area contributed by atoms with Gasteiger partial charge >= 0.3 is 5.97 Å². The first-order valence-corrected chi connectivity index (χ1v) is 5.36. The third-order valence-electron chi connectivity index (χ3n) is 2.56. The number of nitrogens with zero attached hydrogens (tertiary/aromatic N) is 1. The summed E-state index contributed by atoms with van der Waals surface area (Å²) in [5.41, 5.74) is -1.10. The molecule has 0 aromatic rings. The number of rotatable bonds is 2. The predicted molar refractivity (Wildman–Crippen MR) is 53.7 cm³/mol. The summed E-state index contributed by atoms with van der Waals surface area (Å²) in [6.07, 6.45) is 1.34. The second-order valence-corrected chi connectivity index (χ2v) is 5.34. The van der Waals surface area contributed by atoms with Gasteiger partial charge in [0.2, 0.25) is 5.91 Å². The van der Waals surface area contributed by atoms with Crippen molar-refractivity contribution in [3.8, 4) is 0 Å². The average Bonchev–Trinajstić information content (AvgIpc) is 2.41. The molecule has 2 N–H and O–H groups in total. The summed E-state index contributed by atoms with van der Waals surface area (Å²) in [7, 11) is 0. The van der Waals surface area contributed by atoms with Crippen LogP contribution in [0.5, 0.6) is 0 Å². The van der Waals surface area contributed by atoms with E-state index < -0.39 is 17.5 Å². The zero-order chi connectivity index (χ0) is 11.4. The third-order valence-corrected chi connectivity index (χ3v) is 3.83. The molecule has 0 saturated carbocycles. The van der Waals surface area contributed by atoms with E-state index in [2.05, 4.69) is 0 Å². The van der Waals surface area contributed by atoms with E-state index in [1.54, 1.807) is 13.8 Å². The SMILES string of the molecule is CC(C)(O)C1C(=O)N2C=C(C(=O)O)S[C@H]12. The van der Waals surface area contributed by atoms with Crippen molar-refractivity contribution in [2.75, 3.05) is 0 Å². The summed E-state index contributed by atoms with van der Waals surface area (Å²) in [6, 6.07) is 0. The molecule has 1 fully saturated rings. The van der Waals surface area contributed by atoms with Crippen LogP contribution >= 0.6 is 11.8 Å². The molecule has 2 atom stereocenters. The molecule has 0 spiro atoms. The minimum Gasteiger partial charge on any atom is -0.477 e. The van der Waals surface area contributed by atoms with Crippen LogP contribution in [-0.4, -0.2) is 38.0 Å². The van der Waals surface area contributed by atoms with E-state index in [1.807, 2.05) is 0 Å². The van der Waals surface area contributed by atoms with Gasteiger partial charge in [-0.15, -0.1) is 0 Å². The number of β-lactam (4-membered cyclic amide) rings is 1. The molecule has 0 radical (unpaired) electrons. The van der Waals surface area contributed by atoms with Crippen molar-refractivity contribution in [3.05, 3.63) is 11.1 Å². The Morgan fingerprint density at radius 1 is 1.60 bits per heavy atom. The van der Waals surface area contributed by atoms with E-state index >= 15 is 0 Å². The molecular weight excluding hydrogens is 218 g/mol. The fourth-order valence-electron chi connectivity index (χ4n) is 1.79. The zero-order valence-corrected chi connectivity index (χ0v) is 9.11. The fourth-order valence-corrected chi connectivity index (χ4v) is 3.19. The molecule has 1 unspecified atom stereocenters. The molecule has 0 aromatic heterocycles. The summed E-state index contributed by atoms with van der Waals surface area (Å²) in [6.45, 7) is 3.12. The number of hydrogen-bond donors (Lipinski definition) is 2. The normalized spacial score (nSPS) is 29.7. The molecule has 1 amide bonds. The lowest BCUT2D eigenvalue weighted by atomic mass is 9.83. The van der Waals surface area contributed by atoms with Crippen molar-refractivity contribution < 1.29 is 19.8 Å². The van der Waals surface area contributed by atoms with E-state index in [0.717, 1.165) is 11.8 Å². The van der Waals surface area contributed by atoms with Crippen molar-refractivity contribution >= 4 is 23.6 Å². The number of amides is 1. The molecular formula is C9H11NO4S. The number of carboxylic acids is 1. The summed E-state index contributed by atoms with van der Waals surface area (Å²) >= 11 is 1.11. The predicted octanol–water partition coefficient (Wildman–Crippen LogP) is 0.215. The first-order chi connectivity index (χ1) is 6.82. The highest BCUT2D eigenvalue weighted by atomic mass is 32.2. The van der Waals surface area contributed by atoms with Gasteiger partial charge < -0.3 is 15.1 Å². The minimum absolute atomic E-state index is 0.153. The van der Waals surface area contributed by atoms with Crippen LogP contribution in [0.3, 0.4) is 0 Å². The molecule has 82 valence electrons. The quantitative estimate of drug-likeness (QED) is 0.662. The Morgan fingerprint density at radius 3 is 2.67 bits per heavy atom. The summed E-state index contributed by atoms with van der Waals surface area (Å²) < 4.78 is 0. The number of thioether (sulfide) groups is 1. The van der Waals surface area contributed by atoms with Crippen molar-refractivity contribution in [2.24, 2.45) is 5.92 Å². The van der Waals surface area contributed by atoms with Gasteiger partial charge in [-0.2, -0.15) is 0 Å². The lowest BCUT2D eigenvalue weighted by molar-refractivity contribution is -0.158. The van der Waals surface area contributed by atoms with E-state index in [-0.39, 0.29) is 16.2 Å². The van der Waals surface area contributed by atoms with Gasteiger partial charge in [0.25, 0.3) is 0 Å². The van der Waals surface area contributed by atoms with Gasteiger partial charge in [0.1, 0.15) is 10.3 Å².